The van der Waals surface area contributed by atoms with Crippen LogP contribution in [0.2, 0.25) is 5.02 Å². The number of amides is 3. The average molecular weight is 592 g/mol. The molecule has 6 rings (SSSR count). The number of nitrogens with one attached hydrogen (secondary N) is 2. The van der Waals surface area contributed by atoms with Gasteiger partial charge < -0.3 is 15.0 Å². The second-order valence-corrected chi connectivity index (χ2v) is 12.0. The first-order valence-electron chi connectivity index (χ1n) is 12.4. The summed E-state index contributed by atoms with van der Waals surface area (Å²) in [6.45, 7) is 1.64. The molecule has 2 N–H and O–H groups in total. The van der Waals surface area contributed by atoms with E-state index in [0.717, 1.165) is 16.9 Å². The zero-order valence-corrected chi connectivity index (χ0v) is 23.4. The van der Waals surface area contributed by atoms with Crippen LogP contribution in [0.3, 0.4) is 0 Å². The lowest BCUT2D eigenvalue weighted by molar-refractivity contribution is -0.122. The number of ether oxygens (including phenoxy) is 1. The monoisotopic (exact) mass is 591 g/mol. The van der Waals surface area contributed by atoms with E-state index in [9.17, 15) is 19.2 Å². The molecule has 1 fully saturated rings. The molecule has 2 aliphatic heterocycles. The quantitative estimate of drug-likeness (QED) is 0.298. The molecule has 3 amide bonds. The molecule has 4 aromatic rings. The van der Waals surface area contributed by atoms with E-state index >= 15 is 0 Å². The number of carbonyl (C=O) groups is 3. The molecule has 3 aromatic carbocycles. The minimum Gasteiger partial charge on any atom is -0.483 e. The molecular formula is C29H22ClN3O5S2. The summed E-state index contributed by atoms with van der Waals surface area (Å²) >= 11 is 8.25. The number of para-hydroxylation sites is 2. The van der Waals surface area contributed by atoms with Crippen LogP contribution in [-0.2, 0) is 14.4 Å². The van der Waals surface area contributed by atoms with Gasteiger partial charge in [0.05, 0.1) is 16.6 Å². The van der Waals surface area contributed by atoms with Crippen molar-refractivity contribution in [1.82, 2.24) is 4.98 Å². The van der Waals surface area contributed by atoms with E-state index in [-0.39, 0.29) is 29.2 Å². The number of imide groups is 1. The Morgan fingerprint density at radius 1 is 1.00 bits per heavy atom. The fourth-order valence-corrected chi connectivity index (χ4v) is 7.74. The van der Waals surface area contributed by atoms with Crippen LogP contribution in [0.4, 0.5) is 11.4 Å². The van der Waals surface area contributed by atoms with Gasteiger partial charge in [0.25, 0.3) is 5.91 Å². The smallest absolute Gasteiger partial charge is 0.305 e. The summed E-state index contributed by atoms with van der Waals surface area (Å²) in [5, 5.41) is 3.16. The van der Waals surface area contributed by atoms with E-state index in [0.29, 0.717) is 37.6 Å². The largest absolute Gasteiger partial charge is 0.483 e. The van der Waals surface area contributed by atoms with Gasteiger partial charge in [0.2, 0.25) is 11.8 Å². The SMILES string of the molecule is Cc1ccccc1NC(=O)COc1ccccc1C1c2sc(=O)[nH]c2SC2C(=O)N(c3ccc(Cl)cc3)C(=O)C21. The molecule has 0 radical (unpaired) electrons. The lowest BCUT2D eigenvalue weighted by Gasteiger charge is -2.30. The van der Waals surface area contributed by atoms with Gasteiger partial charge in [-0.2, -0.15) is 0 Å². The van der Waals surface area contributed by atoms with Gasteiger partial charge >= 0.3 is 4.87 Å². The number of anilines is 2. The van der Waals surface area contributed by atoms with Gasteiger partial charge in [0.1, 0.15) is 11.0 Å². The molecule has 0 bridgehead atoms. The van der Waals surface area contributed by atoms with Gasteiger partial charge in [0.15, 0.2) is 6.61 Å². The van der Waals surface area contributed by atoms with E-state index in [4.69, 9.17) is 16.3 Å². The van der Waals surface area contributed by atoms with Gasteiger partial charge in [-0.3, -0.25) is 19.2 Å². The van der Waals surface area contributed by atoms with Crippen LogP contribution < -0.4 is 19.8 Å². The highest BCUT2D eigenvalue weighted by molar-refractivity contribution is 8.00. The minimum atomic E-state index is -0.780. The van der Waals surface area contributed by atoms with E-state index in [1.807, 2.05) is 37.3 Å². The summed E-state index contributed by atoms with van der Waals surface area (Å²) in [6, 6.07) is 21.1. The lowest BCUT2D eigenvalue weighted by atomic mass is 9.82. The second-order valence-electron chi connectivity index (χ2n) is 9.43. The Balaban J connectivity index is 1.34. The Bertz CT molecular complexity index is 1700. The maximum absolute atomic E-state index is 13.9. The lowest BCUT2D eigenvalue weighted by Crippen LogP contribution is -2.32. The number of nitrogens with zero attached hydrogens (tertiary/aromatic N) is 1. The first kappa shape index (κ1) is 26.4. The van der Waals surface area contributed by atoms with Gasteiger partial charge in [-0.25, -0.2) is 4.90 Å². The number of aryl methyl sites for hydroxylation is 1. The highest BCUT2D eigenvalue weighted by atomic mass is 35.5. The Morgan fingerprint density at radius 2 is 1.73 bits per heavy atom. The Morgan fingerprint density at radius 3 is 2.50 bits per heavy atom. The van der Waals surface area contributed by atoms with Crippen LogP contribution >= 0.6 is 34.7 Å². The summed E-state index contributed by atoms with van der Waals surface area (Å²) in [5.74, 6) is -2.08. The predicted molar refractivity (Wildman–Crippen MR) is 156 cm³/mol. The number of halogens is 1. The molecule has 0 saturated carbocycles. The topological polar surface area (TPSA) is 109 Å². The average Bonchev–Trinajstić information content (AvgIpc) is 3.44. The van der Waals surface area contributed by atoms with Gasteiger partial charge in [0, 0.05) is 27.1 Å². The van der Waals surface area contributed by atoms with Crippen LogP contribution in [-0.4, -0.2) is 34.6 Å². The summed E-state index contributed by atoms with van der Waals surface area (Å²) in [7, 11) is 0. The van der Waals surface area contributed by atoms with E-state index in [1.165, 1.54) is 16.7 Å². The standard InChI is InChI=1S/C29H22ClN3O5S2/c1-15-6-2-4-8-19(15)31-21(34)14-38-20-9-5-3-7-18(20)22-23-25(39-26-24(22)40-29(37)32-26)28(36)33(27(23)35)17-12-10-16(30)11-13-17/h2-13,22-23,25H,14H2,1H3,(H,31,34)(H,32,37). The van der Waals surface area contributed by atoms with Crippen molar-refractivity contribution in [1.29, 1.82) is 0 Å². The van der Waals surface area contributed by atoms with Crippen LogP contribution in [0, 0.1) is 12.8 Å². The first-order chi connectivity index (χ1) is 19.3. The van der Waals surface area contributed by atoms with Crippen molar-refractivity contribution in [3.8, 4) is 5.75 Å². The number of carbonyl (C=O) groups excluding carboxylic acids is 3. The third kappa shape index (κ3) is 4.72. The summed E-state index contributed by atoms with van der Waals surface area (Å²) in [5.41, 5.74) is 2.67. The number of rotatable bonds is 6. The van der Waals surface area contributed by atoms with Gasteiger partial charge in [-0.15, -0.1) is 0 Å². The first-order valence-corrected chi connectivity index (χ1v) is 14.5. The summed E-state index contributed by atoms with van der Waals surface area (Å²) < 4.78 is 5.99. The van der Waals surface area contributed by atoms with Crippen LogP contribution in [0.15, 0.2) is 82.6 Å². The number of hydrogen-bond donors (Lipinski definition) is 2. The fraction of sp³-hybridized carbons (Fsp3) is 0.172. The molecule has 2 aliphatic rings. The molecule has 0 spiro atoms. The van der Waals surface area contributed by atoms with Crippen molar-refractivity contribution in [2.45, 2.75) is 23.1 Å². The van der Waals surface area contributed by atoms with Crippen molar-refractivity contribution in [2.75, 3.05) is 16.8 Å². The molecule has 0 aliphatic carbocycles. The highest BCUT2D eigenvalue weighted by Crippen LogP contribution is 2.54. The van der Waals surface area contributed by atoms with Crippen molar-refractivity contribution in [3.05, 3.63) is 103 Å². The molecule has 40 heavy (non-hydrogen) atoms. The number of thioether (sulfide) groups is 1. The molecule has 1 aromatic heterocycles. The van der Waals surface area contributed by atoms with Crippen molar-refractivity contribution >= 4 is 63.8 Å². The Kier molecular flexibility index (Phi) is 6.99. The third-order valence-electron chi connectivity index (χ3n) is 6.94. The van der Waals surface area contributed by atoms with Gasteiger partial charge in [-0.1, -0.05) is 71.1 Å². The number of thiazole rings is 1. The summed E-state index contributed by atoms with van der Waals surface area (Å²) in [6.07, 6.45) is 0. The molecule has 8 nitrogen and oxygen atoms in total. The fourth-order valence-electron chi connectivity index (χ4n) is 5.11. The number of benzene rings is 3. The predicted octanol–water partition coefficient (Wildman–Crippen LogP) is 5.21. The maximum Gasteiger partial charge on any atom is 0.305 e. The Hall–Kier alpha value is -3.86. The van der Waals surface area contributed by atoms with Crippen molar-refractivity contribution in [3.63, 3.8) is 0 Å². The number of hydrogen-bond acceptors (Lipinski definition) is 7. The number of H-pyrrole nitrogens is 1. The zero-order valence-electron chi connectivity index (χ0n) is 21.1. The van der Waals surface area contributed by atoms with Crippen LogP contribution in [0.5, 0.6) is 5.75 Å². The molecule has 11 heteroatoms. The molecule has 1 saturated heterocycles. The number of aromatic nitrogens is 1. The summed E-state index contributed by atoms with van der Waals surface area (Å²) in [4.78, 5) is 57.1. The second kappa shape index (κ2) is 10.6. The normalized spacial score (nSPS) is 19.8. The molecule has 3 unspecified atom stereocenters. The van der Waals surface area contributed by atoms with E-state index in [1.54, 1.807) is 42.5 Å². The minimum absolute atomic E-state index is 0.263. The van der Waals surface area contributed by atoms with Crippen molar-refractivity contribution in [2.24, 2.45) is 5.92 Å². The van der Waals surface area contributed by atoms with Gasteiger partial charge in [-0.05, 0) is 48.9 Å². The van der Waals surface area contributed by atoms with Crippen LogP contribution in [0.25, 0.3) is 0 Å². The van der Waals surface area contributed by atoms with Crippen LogP contribution in [0.1, 0.15) is 21.9 Å². The molecule has 3 heterocycles. The molecule has 202 valence electrons. The maximum atomic E-state index is 13.9. The zero-order chi connectivity index (χ0) is 28.0. The third-order valence-corrected chi connectivity index (χ3v) is 9.59. The Labute approximate surface area is 242 Å². The highest BCUT2D eigenvalue weighted by Gasteiger charge is 2.56. The van der Waals surface area contributed by atoms with E-state index < -0.39 is 17.1 Å². The van der Waals surface area contributed by atoms with E-state index in [2.05, 4.69) is 10.3 Å². The van der Waals surface area contributed by atoms with Crippen molar-refractivity contribution < 1.29 is 19.1 Å². The number of fused-ring (bicyclic) bond motifs is 2. The molecular weight excluding hydrogens is 570 g/mol. The number of aromatic amines is 1. The molecule has 3 atom stereocenters.